The number of methoxy groups -OCH3 is 1. The summed E-state index contributed by atoms with van der Waals surface area (Å²) in [4.78, 5) is 28.3. The molecule has 3 aromatic rings. The molecule has 0 aromatic heterocycles. The Morgan fingerprint density at radius 2 is 1.79 bits per heavy atom. The Balaban J connectivity index is 1.66. The number of nitrogens with one attached hydrogen (secondary N) is 1. The van der Waals surface area contributed by atoms with Crippen LogP contribution in [-0.2, 0) is 17.8 Å². The second-order valence-corrected chi connectivity index (χ2v) is 8.21. The van der Waals surface area contributed by atoms with Gasteiger partial charge in [-0.1, -0.05) is 49.4 Å². The molecule has 1 atom stereocenters. The van der Waals surface area contributed by atoms with E-state index in [1.807, 2.05) is 73.7 Å². The van der Waals surface area contributed by atoms with Crippen LogP contribution in [0.3, 0.4) is 0 Å². The summed E-state index contributed by atoms with van der Waals surface area (Å²) in [5, 5.41) is 3.05. The van der Waals surface area contributed by atoms with Gasteiger partial charge in [0.1, 0.15) is 0 Å². The Morgan fingerprint density at radius 3 is 2.53 bits per heavy atom. The number of para-hydroxylation sites is 1. The molecule has 176 valence electrons. The van der Waals surface area contributed by atoms with Crippen molar-refractivity contribution in [2.75, 3.05) is 19.0 Å². The third kappa shape index (κ3) is 4.76. The van der Waals surface area contributed by atoms with Crippen LogP contribution >= 0.6 is 0 Å². The van der Waals surface area contributed by atoms with Gasteiger partial charge >= 0.3 is 0 Å². The second kappa shape index (κ2) is 10.4. The van der Waals surface area contributed by atoms with Crippen LogP contribution < -0.4 is 14.8 Å². The first-order valence-electron chi connectivity index (χ1n) is 11.6. The second-order valence-electron chi connectivity index (χ2n) is 8.21. The van der Waals surface area contributed by atoms with E-state index >= 15 is 0 Å². The van der Waals surface area contributed by atoms with E-state index in [-0.39, 0.29) is 18.2 Å². The summed E-state index contributed by atoms with van der Waals surface area (Å²) in [6, 6.07) is 20.5. The number of hydrogen-bond donors (Lipinski definition) is 1. The van der Waals surface area contributed by atoms with Crippen molar-refractivity contribution >= 4 is 17.5 Å². The van der Waals surface area contributed by atoms with Gasteiger partial charge in [0.25, 0.3) is 5.91 Å². The molecule has 3 aromatic carbocycles. The van der Waals surface area contributed by atoms with E-state index < -0.39 is 6.04 Å². The number of anilines is 1. The highest BCUT2D eigenvalue weighted by molar-refractivity contribution is 5.99. The number of amides is 2. The van der Waals surface area contributed by atoms with Gasteiger partial charge in [0.15, 0.2) is 11.5 Å². The van der Waals surface area contributed by atoms with E-state index in [0.29, 0.717) is 30.2 Å². The molecular formula is C28H30N2O4. The Morgan fingerprint density at radius 1 is 1.03 bits per heavy atom. The molecule has 4 rings (SSSR count). The molecule has 6 nitrogen and oxygen atoms in total. The molecule has 0 spiro atoms. The summed E-state index contributed by atoms with van der Waals surface area (Å²) in [5.41, 5.74) is 4.34. The lowest BCUT2D eigenvalue weighted by molar-refractivity contribution is -0.117. The zero-order valence-electron chi connectivity index (χ0n) is 19.8. The van der Waals surface area contributed by atoms with E-state index in [9.17, 15) is 9.59 Å². The Bertz CT molecular complexity index is 1190. The fourth-order valence-electron chi connectivity index (χ4n) is 4.43. The van der Waals surface area contributed by atoms with E-state index in [1.165, 1.54) is 0 Å². The zero-order chi connectivity index (χ0) is 24.1. The van der Waals surface area contributed by atoms with Gasteiger partial charge in [0, 0.05) is 17.8 Å². The van der Waals surface area contributed by atoms with Crippen LogP contribution in [0.1, 0.15) is 53.4 Å². The minimum Gasteiger partial charge on any atom is -0.493 e. The molecule has 0 aliphatic carbocycles. The number of nitrogens with zero attached hydrogens (tertiary/aromatic N) is 1. The standard InChI is InChI=1S/C28H30N2O4/c1-4-19-10-7-9-13-23(19)29-27(31)17-24(20-14-15-25(34-5-2)26(16-20)33-3)30-18-21-11-6-8-12-22(21)28(30)32/h6-16,24H,4-5,17-18H2,1-3H3,(H,29,31)/t24-/m0/s1. The lowest BCUT2D eigenvalue weighted by Crippen LogP contribution is -2.32. The van der Waals surface area contributed by atoms with Crippen molar-refractivity contribution in [1.29, 1.82) is 0 Å². The molecule has 34 heavy (non-hydrogen) atoms. The molecule has 6 heteroatoms. The minimum absolute atomic E-state index is 0.0739. The molecule has 0 fully saturated rings. The van der Waals surface area contributed by atoms with Crippen LogP contribution in [0, 0.1) is 0 Å². The van der Waals surface area contributed by atoms with Gasteiger partial charge in [-0.2, -0.15) is 0 Å². The lowest BCUT2D eigenvalue weighted by atomic mass is 10.0. The smallest absolute Gasteiger partial charge is 0.255 e. The number of benzene rings is 3. The maximum Gasteiger partial charge on any atom is 0.255 e. The van der Waals surface area contributed by atoms with Crippen LogP contribution in [-0.4, -0.2) is 30.4 Å². The Hall–Kier alpha value is -3.80. The molecule has 1 aliphatic heterocycles. The summed E-state index contributed by atoms with van der Waals surface area (Å²) in [6.45, 7) is 4.93. The fourth-order valence-corrected chi connectivity index (χ4v) is 4.43. The summed E-state index contributed by atoms with van der Waals surface area (Å²) < 4.78 is 11.2. The highest BCUT2D eigenvalue weighted by atomic mass is 16.5. The van der Waals surface area contributed by atoms with Crippen LogP contribution in [0.25, 0.3) is 0 Å². The summed E-state index contributed by atoms with van der Waals surface area (Å²) >= 11 is 0. The monoisotopic (exact) mass is 458 g/mol. The van der Waals surface area contributed by atoms with E-state index in [0.717, 1.165) is 28.8 Å². The number of carbonyl (C=O) groups excluding carboxylic acids is 2. The highest BCUT2D eigenvalue weighted by Crippen LogP contribution is 2.37. The van der Waals surface area contributed by atoms with Crippen LogP contribution in [0.2, 0.25) is 0 Å². The normalized spacial score (nSPS) is 13.4. The maximum absolute atomic E-state index is 13.3. The molecule has 1 aliphatic rings. The summed E-state index contributed by atoms with van der Waals surface area (Å²) in [6.07, 6.45) is 0.935. The van der Waals surface area contributed by atoms with Crippen molar-refractivity contribution in [3.8, 4) is 11.5 Å². The maximum atomic E-state index is 13.3. The third-order valence-corrected chi connectivity index (χ3v) is 6.15. The number of fused-ring (bicyclic) bond motifs is 1. The zero-order valence-corrected chi connectivity index (χ0v) is 19.8. The molecule has 2 amide bonds. The quantitative estimate of drug-likeness (QED) is 0.467. The van der Waals surface area contributed by atoms with Gasteiger partial charge < -0.3 is 19.7 Å². The van der Waals surface area contributed by atoms with Gasteiger partial charge in [0.05, 0.1) is 26.2 Å². The van der Waals surface area contributed by atoms with Crippen LogP contribution in [0.4, 0.5) is 5.69 Å². The molecule has 1 heterocycles. The number of ether oxygens (including phenoxy) is 2. The number of carbonyl (C=O) groups is 2. The van der Waals surface area contributed by atoms with Crippen molar-refractivity contribution < 1.29 is 19.1 Å². The van der Waals surface area contributed by atoms with Crippen molar-refractivity contribution in [2.24, 2.45) is 0 Å². The fraction of sp³-hybridized carbons (Fsp3) is 0.286. The van der Waals surface area contributed by atoms with E-state index in [4.69, 9.17) is 9.47 Å². The molecule has 0 radical (unpaired) electrons. The van der Waals surface area contributed by atoms with Crippen molar-refractivity contribution in [2.45, 2.75) is 39.3 Å². The van der Waals surface area contributed by atoms with Crippen molar-refractivity contribution in [3.63, 3.8) is 0 Å². The molecule has 0 bridgehead atoms. The molecule has 0 saturated carbocycles. The predicted molar refractivity (Wildman–Crippen MR) is 132 cm³/mol. The minimum atomic E-state index is -0.460. The predicted octanol–water partition coefficient (Wildman–Crippen LogP) is 5.38. The summed E-state index contributed by atoms with van der Waals surface area (Å²) in [5.74, 6) is 0.979. The van der Waals surface area contributed by atoms with Gasteiger partial charge in [-0.25, -0.2) is 0 Å². The molecule has 0 saturated heterocycles. The molecule has 1 N–H and O–H groups in total. The lowest BCUT2D eigenvalue weighted by Gasteiger charge is -2.28. The first-order valence-corrected chi connectivity index (χ1v) is 11.6. The molecule has 0 unspecified atom stereocenters. The average molecular weight is 459 g/mol. The Labute approximate surface area is 200 Å². The number of aryl methyl sites for hydroxylation is 1. The highest BCUT2D eigenvalue weighted by Gasteiger charge is 2.35. The van der Waals surface area contributed by atoms with Crippen molar-refractivity contribution in [3.05, 3.63) is 89.0 Å². The third-order valence-electron chi connectivity index (χ3n) is 6.15. The first kappa shape index (κ1) is 23.4. The van der Waals surface area contributed by atoms with Gasteiger partial charge in [-0.15, -0.1) is 0 Å². The van der Waals surface area contributed by atoms with Gasteiger partial charge in [0.2, 0.25) is 5.91 Å². The van der Waals surface area contributed by atoms with Crippen LogP contribution in [0.15, 0.2) is 66.7 Å². The number of hydrogen-bond acceptors (Lipinski definition) is 4. The first-order chi connectivity index (χ1) is 16.5. The average Bonchev–Trinajstić information content (AvgIpc) is 3.19. The van der Waals surface area contributed by atoms with Gasteiger partial charge in [-0.3, -0.25) is 9.59 Å². The van der Waals surface area contributed by atoms with E-state index in [1.54, 1.807) is 12.0 Å². The largest absolute Gasteiger partial charge is 0.493 e. The van der Waals surface area contributed by atoms with Crippen LogP contribution in [0.5, 0.6) is 11.5 Å². The van der Waals surface area contributed by atoms with Gasteiger partial charge in [-0.05, 0) is 54.3 Å². The Kier molecular flexibility index (Phi) is 7.16. The number of rotatable bonds is 9. The molecular weight excluding hydrogens is 428 g/mol. The SMILES string of the molecule is CCOc1ccc([C@H](CC(=O)Nc2ccccc2CC)N2Cc3ccccc3C2=O)cc1OC. The van der Waals surface area contributed by atoms with Crippen molar-refractivity contribution in [1.82, 2.24) is 4.90 Å². The topological polar surface area (TPSA) is 67.9 Å². The van der Waals surface area contributed by atoms with E-state index in [2.05, 4.69) is 12.2 Å². The summed E-state index contributed by atoms with van der Waals surface area (Å²) in [7, 11) is 1.59.